The van der Waals surface area contributed by atoms with Gasteiger partial charge in [0.2, 0.25) is 0 Å². The second-order valence-electron chi connectivity index (χ2n) is 6.31. The summed E-state index contributed by atoms with van der Waals surface area (Å²) < 4.78 is 0. The van der Waals surface area contributed by atoms with Crippen LogP contribution in [0.15, 0.2) is 41.5 Å². The van der Waals surface area contributed by atoms with Crippen molar-refractivity contribution in [1.82, 2.24) is 10.6 Å². The minimum absolute atomic E-state index is 0.685. The van der Waals surface area contributed by atoms with Crippen LogP contribution < -0.4 is 10.6 Å². The molecule has 0 aromatic heterocycles. The van der Waals surface area contributed by atoms with E-state index >= 15 is 0 Å². The van der Waals surface area contributed by atoms with Crippen molar-refractivity contribution in [3.05, 3.63) is 57.1 Å². The summed E-state index contributed by atoms with van der Waals surface area (Å²) in [5.41, 5.74) is 3.98. The highest BCUT2D eigenvalue weighted by Crippen LogP contribution is 2.20. The average Bonchev–Trinajstić information content (AvgIpc) is 2.51. The molecular weight excluding hydrogens is 339 g/mol. The number of hydrogen-bond acceptors (Lipinski definition) is 2. The molecule has 1 aromatic carbocycles. The van der Waals surface area contributed by atoms with Gasteiger partial charge in [-0.15, -0.1) is 0 Å². The lowest BCUT2D eigenvalue weighted by atomic mass is 10.1. The Hall–Kier alpha value is -0.800. The number of rotatable bonds is 11. The first-order chi connectivity index (χ1) is 11.5. The van der Waals surface area contributed by atoms with Gasteiger partial charge < -0.3 is 10.6 Å². The Balaban J connectivity index is 2.05. The van der Waals surface area contributed by atoms with Crippen molar-refractivity contribution < 1.29 is 0 Å². The molecule has 0 saturated heterocycles. The number of nitrogens with one attached hydrogen (secondary N) is 2. The van der Waals surface area contributed by atoms with Crippen molar-refractivity contribution in [2.75, 3.05) is 26.2 Å². The first kappa shape index (κ1) is 21.2. The van der Waals surface area contributed by atoms with Crippen LogP contribution in [0.5, 0.6) is 0 Å². The predicted molar refractivity (Wildman–Crippen MR) is 108 cm³/mol. The summed E-state index contributed by atoms with van der Waals surface area (Å²) >= 11 is 12.1. The van der Waals surface area contributed by atoms with Crippen molar-refractivity contribution >= 4 is 23.2 Å². The Kier molecular flexibility index (Phi) is 11.1. The van der Waals surface area contributed by atoms with Gasteiger partial charge >= 0.3 is 0 Å². The second kappa shape index (κ2) is 12.5. The summed E-state index contributed by atoms with van der Waals surface area (Å²) in [6.45, 7) is 10.3. The van der Waals surface area contributed by atoms with Gasteiger partial charge in [0.1, 0.15) is 0 Å². The molecule has 0 unspecified atom stereocenters. The largest absolute Gasteiger partial charge is 0.315 e. The third kappa shape index (κ3) is 10.1. The van der Waals surface area contributed by atoms with Crippen molar-refractivity contribution in [3.63, 3.8) is 0 Å². The maximum absolute atomic E-state index is 6.16. The van der Waals surface area contributed by atoms with Gasteiger partial charge in [-0.3, -0.25) is 0 Å². The second-order valence-corrected chi connectivity index (χ2v) is 7.15. The van der Waals surface area contributed by atoms with Crippen LogP contribution in [0.1, 0.15) is 39.2 Å². The van der Waals surface area contributed by atoms with E-state index in [0.29, 0.717) is 5.02 Å². The van der Waals surface area contributed by atoms with Crippen LogP contribution in [0.2, 0.25) is 10.0 Å². The standard InChI is InChI=1S/C20H30Cl2N2/c1-16(2)5-4-6-17(3)9-11-23-13-14-24-12-10-18-7-8-19(21)15-20(18)22/h5,7-9,15,23-24H,4,6,10-14H2,1-3H3/b17-9+. The van der Waals surface area contributed by atoms with E-state index in [2.05, 4.69) is 43.6 Å². The van der Waals surface area contributed by atoms with Crippen LogP contribution in [-0.4, -0.2) is 26.2 Å². The van der Waals surface area contributed by atoms with Gasteiger partial charge in [0, 0.05) is 29.7 Å². The molecule has 0 aliphatic carbocycles. The minimum atomic E-state index is 0.685. The van der Waals surface area contributed by atoms with Gasteiger partial charge in [0.05, 0.1) is 0 Å². The molecular formula is C20H30Cl2N2. The van der Waals surface area contributed by atoms with E-state index in [-0.39, 0.29) is 0 Å². The van der Waals surface area contributed by atoms with E-state index in [4.69, 9.17) is 23.2 Å². The molecule has 1 rings (SSSR count). The number of hydrogen-bond donors (Lipinski definition) is 2. The van der Waals surface area contributed by atoms with Gasteiger partial charge in [-0.05, 0) is 64.3 Å². The van der Waals surface area contributed by atoms with Crippen LogP contribution in [0.4, 0.5) is 0 Å². The molecule has 4 heteroatoms. The van der Waals surface area contributed by atoms with E-state index in [1.807, 2.05) is 12.1 Å². The Morgan fingerprint density at radius 1 is 1.00 bits per heavy atom. The lowest BCUT2D eigenvalue weighted by Gasteiger charge is -2.07. The van der Waals surface area contributed by atoms with Crippen LogP contribution >= 0.6 is 23.2 Å². The third-order valence-electron chi connectivity index (χ3n) is 3.75. The molecule has 0 radical (unpaired) electrons. The molecule has 0 aliphatic heterocycles. The molecule has 0 spiro atoms. The zero-order valence-electron chi connectivity index (χ0n) is 15.1. The monoisotopic (exact) mass is 368 g/mol. The van der Waals surface area contributed by atoms with E-state index in [1.165, 1.54) is 11.1 Å². The van der Waals surface area contributed by atoms with Crippen LogP contribution in [-0.2, 0) is 6.42 Å². The molecule has 0 fully saturated rings. The normalized spacial score (nSPS) is 11.6. The molecule has 0 aliphatic rings. The molecule has 134 valence electrons. The minimum Gasteiger partial charge on any atom is -0.315 e. The highest BCUT2D eigenvalue weighted by molar-refractivity contribution is 6.35. The quantitative estimate of drug-likeness (QED) is 0.403. The summed E-state index contributed by atoms with van der Waals surface area (Å²) in [6.07, 6.45) is 7.78. The molecule has 1 aromatic rings. The Morgan fingerprint density at radius 3 is 2.46 bits per heavy atom. The zero-order valence-corrected chi connectivity index (χ0v) is 16.6. The maximum atomic E-state index is 6.16. The smallest absolute Gasteiger partial charge is 0.0453 e. The Bertz CT molecular complexity index is 547. The zero-order chi connectivity index (χ0) is 17.8. The number of allylic oxidation sites excluding steroid dienone is 3. The van der Waals surface area contributed by atoms with Crippen molar-refractivity contribution in [2.45, 2.75) is 40.0 Å². The van der Waals surface area contributed by atoms with Gasteiger partial charge in [0.15, 0.2) is 0 Å². The molecule has 0 saturated carbocycles. The summed E-state index contributed by atoms with van der Waals surface area (Å²) in [4.78, 5) is 0. The molecule has 0 atom stereocenters. The van der Waals surface area contributed by atoms with E-state index in [0.717, 1.165) is 56.0 Å². The third-order valence-corrected chi connectivity index (χ3v) is 4.34. The highest BCUT2D eigenvalue weighted by Gasteiger charge is 2.00. The van der Waals surface area contributed by atoms with Crippen molar-refractivity contribution in [1.29, 1.82) is 0 Å². The van der Waals surface area contributed by atoms with Gasteiger partial charge in [-0.1, -0.05) is 52.6 Å². The fourth-order valence-corrected chi connectivity index (χ4v) is 2.79. The van der Waals surface area contributed by atoms with Crippen molar-refractivity contribution in [3.8, 4) is 0 Å². The number of benzene rings is 1. The summed E-state index contributed by atoms with van der Waals surface area (Å²) in [7, 11) is 0. The molecule has 2 N–H and O–H groups in total. The number of halogens is 2. The fourth-order valence-electron chi connectivity index (χ4n) is 2.29. The Labute approximate surface area is 157 Å². The van der Waals surface area contributed by atoms with Crippen molar-refractivity contribution in [2.24, 2.45) is 0 Å². The van der Waals surface area contributed by atoms with Gasteiger partial charge in [-0.2, -0.15) is 0 Å². The summed E-state index contributed by atoms with van der Waals surface area (Å²) in [6, 6.07) is 5.68. The maximum Gasteiger partial charge on any atom is 0.0453 e. The first-order valence-electron chi connectivity index (χ1n) is 8.63. The SMILES string of the molecule is CC(C)=CCC/C(C)=C/CNCCNCCc1ccc(Cl)cc1Cl. The Morgan fingerprint density at radius 2 is 1.75 bits per heavy atom. The molecule has 0 bridgehead atoms. The average molecular weight is 369 g/mol. The molecule has 0 heterocycles. The van der Waals surface area contributed by atoms with Crippen LogP contribution in [0.3, 0.4) is 0 Å². The molecule has 24 heavy (non-hydrogen) atoms. The summed E-state index contributed by atoms with van der Waals surface area (Å²) in [5.74, 6) is 0. The lowest BCUT2D eigenvalue weighted by molar-refractivity contribution is 0.633. The fraction of sp³-hybridized carbons (Fsp3) is 0.500. The molecule has 0 amide bonds. The van der Waals surface area contributed by atoms with E-state index in [9.17, 15) is 0 Å². The van der Waals surface area contributed by atoms with Gasteiger partial charge in [-0.25, -0.2) is 0 Å². The van der Waals surface area contributed by atoms with Gasteiger partial charge in [0.25, 0.3) is 0 Å². The highest BCUT2D eigenvalue weighted by atomic mass is 35.5. The molecule has 2 nitrogen and oxygen atoms in total. The predicted octanol–water partition coefficient (Wildman–Crippen LogP) is 5.41. The van der Waals surface area contributed by atoms with Crippen LogP contribution in [0.25, 0.3) is 0 Å². The lowest BCUT2D eigenvalue weighted by Crippen LogP contribution is -2.28. The first-order valence-corrected chi connectivity index (χ1v) is 9.39. The summed E-state index contributed by atoms with van der Waals surface area (Å²) in [5, 5.41) is 8.29. The topological polar surface area (TPSA) is 24.1 Å². The van der Waals surface area contributed by atoms with E-state index in [1.54, 1.807) is 6.07 Å². The van der Waals surface area contributed by atoms with Crippen LogP contribution in [0, 0.1) is 0 Å². The van der Waals surface area contributed by atoms with E-state index < -0.39 is 0 Å².